The van der Waals surface area contributed by atoms with Crippen molar-refractivity contribution in [2.75, 3.05) is 39.3 Å². The van der Waals surface area contributed by atoms with Crippen LogP contribution in [0.3, 0.4) is 0 Å². The topological polar surface area (TPSA) is 49.6 Å². The van der Waals surface area contributed by atoms with Crippen molar-refractivity contribution < 1.29 is 18.0 Å². The maximum Gasteiger partial charge on any atom is 0.401 e. The van der Waals surface area contributed by atoms with Gasteiger partial charge < -0.3 is 10.6 Å². The van der Waals surface area contributed by atoms with Crippen LogP contribution in [0.5, 0.6) is 0 Å². The zero-order chi connectivity index (χ0) is 15.2. The summed E-state index contributed by atoms with van der Waals surface area (Å²) in [7, 11) is 0. The molecule has 0 spiro atoms. The molecule has 1 saturated heterocycles. The second kappa shape index (κ2) is 7.83. The molecule has 2 N–H and O–H groups in total. The third kappa shape index (κ3) is 6.56. The molecule has 1 rings (SSSR count). The number of amides is 1. The molecule has 1 fully saturated rings. The summed E-state index contributed by atoms with van der Waals surface area (Å²) >= 11 is 0. The zero-order valence-corrected chi connectivity index (χ0v) is 12.0. The molecule has 1 unspecified atom stereocenters. The van der Waals surface area contributed by atoms with Gasteiger partial charge in [-0.1, -0.05) is 6.92 Å². The van der Waals surface area contributed by atoms with Gasteiger partial charge in [-0.05, 0) is 25.3 Å². The largest absolute Gasteiger partial charge is 0.401 e. The SMILES string of the molecule is CC(CCN)CCC(=O)N1CCN(CC(F)(F)F)CC1. The standard InChI is InChI=1S/C13H24F3N3O/c1-11(4-5-17)2-3-12(20)19-8-6-18(7-9-19)10-13(14,15)16/h11H,2-10,17H2,1H3. The molecule has 7 heteroatoms. The highest BCUT2D eigenvalue weighted by Crippen LogP contribution is 2.18. The smallest absolute Gasteiger partial charge is 0.340 e. The Bertz CT molecular complexity index is 302. The summed E-state index contributed by atoms with van der Waals surface area (Å²) in [5.41, 5.74) is 5.45. The van der Waals surface area contributed by atoms with Gasteiger partial charge in [0.25, 0.3) is 0 Å². The maximum atomic E-state index is 12.2. The van der Waals surface area contributed by atoms with Gasteiger partial charge in [0.2, 0.25) is 5.91 Å². The lowest BCUT2D eigenvalue weighted by atomic mass is 10.0. The normalized spacial score (nSPS) is 19.1. The van der Waals surface area contributed by atoms with Crippen molar-refractivity contribution in [3.05, 3.63) is 0 Å². The average molecular weight is 295 g/mol. The van der Waals surface area contributed by atoms with Gasteiger partial charge in [-0.15, -0.1) is 0 Å². The quantitative estimate of drug-likeness (QED) is 0.807. The van der Waals surface area contributed by atoms with Crippen molar-refractivity contribution in [1.82, 2.24) is 9.80 Å². The van der Waals surface area contributed by atoms with E-state index in [0.717, 1.165) is 12.8 Å². The van der Waals surface area contributed by atoms with Crippen molar-refractivity contribution in [1.29, 1.82) is 0 Å². The second-order valence-electron chi connectivity index (χ2n) is 5.49. The van der Waals surface area contributed by atoms with Crippen molar-refractivity contribution in [2.24, 2.45) is 11.7 Å². The molecule has 0 aromatic carbocycles. The number of carbonyl (C=O) groups is 1. The first-order valence-electron chi connectivity index (χ1n) is 7.09. The van der Waals surface area contributed by atoms with Crippen LogP contribution < -0.4 is 5.73 Å². The van der Waals surface area contributed by atoms with Crippen LogP contribution in [0, 0.1) is 5.92 Å². The minimum atomic E-state index is -4.16. The maximum absolute atomic E-state index is 12.2. The molecular formula is C13H24F3N3O. The predicted molar refractivity (Wildman–Crippen MR) is 71.1 cm³/mol. The van der Waals surface area contributed by atoms with Gasteiger partial charge in [0.05, 0.1) is 6.54 Å². The molecule has 1 aliphatic heterocycles. The van der Waals surface area contributed by atoms with E-state index in [2.05, 4.69) is 6.92 Å². The summed E-state index contributed by atoms with van der Waals surface area (Å²) in [6.07, 6.45) is -2.02. The van der Waals surface area contributed by atoms with E-state index in [1.54, 1.807) is 4.90 Å². The molecule has 0 radical (unpaired) electrons. The van der Waals surface area contributed by atoms with E-state index < -0.39 is 12.7 Å². The lowest BCUT2D eigenvalue weighted by Crippen LogP contribution is -2.50. The average Bonchev–Trinajstić information content (AvgIpc) is 2.35. The number of piperazine rings is 1. The van der Waals surface area contributed by atoms with Crippen LogP contribution in [0.1, 0.15) is 26.2 Å². The van der Waals surface area contributed by atoms with Gasteiger partial charge in [-0.25, -0.2) is 0 Å². The highest BCUT2D eigenvalue weighted by atomic mass is 19.4. The number of alkyl halides is 3. The van der Waals surface area contributed by atoms with Gasteiger partial charge >= 0.3 is 6.18 Å². The predicted octanol–water partition coefficient (Wildman–Crippen LogP) is 1.46. The van der Waals surface area contributed by atoms with E-state index in [1.165, 1.54) is 4.90 Å². The molecule has 0 bridgehead atoms. The van der Waals surface area contributed by atoms with Crippen LogP contribution in [0.25, 0.3) is 0 Å². The molecule has 0 aliphatic carbocycles. The van der Waals surface area contributed by atoms with Crippen LogP contribution in [0.4, 0.5) is 13.2 Å². The van der Waals surface area contributed by atoms with E-state index >= 15 is 0 Å². The number of carbonyl (C=O) groups excluding carboxylic acids is 1. The monoisotopic (exact) mass is 295 g/mol. The van der Waals surface area contributed by atoms with Crippen molar-refractivity contribution >= 4 is 5.91 Å². The Hall–Kier alpha value is -0.820. The van der Waals surface area contributed by atoms with Crippen LogP contribution in [0.2, 0.25) is 0 Å². The first-order valence-corrected chi connectivity index (χ1v) is 7.09. The lowest BCUT2D eigenvalue weighted by molar-refractivity contribution is -0.151. The number of nitrogens with zero attached hydrogens (tertiary/aromatic N) is 2. The highest BCUT2D eigenvalue weighted by molar-refractivity contribution is 5.76. The number of halogens is 3. The third-order valence-electron chi connectivity index (χ3n) is 3.64. The molecular weight excluding hydrogens is 271 g/mol. The zero-order valence-electron chi connectivity index (χ0n) is 12.0. The summed E-state index contributed by atoms with van der Waals surface area (Å²) in [5.74, 6) is 0.455. The molecule has 0 aromatic heterocycles. The number of rotatable bonds is 6. The Morgan fingerprint density at radius 3 is 2.30 bits per heavy atom. The van der Waals surface area contributed by atoms with Gasteiger partial charge in [-0.2, -0.15) is 13.2 Å². The molecule has 0 saturated carbocycles. The van der Waals surface area contributed by atoms with E-state index in [4.69, 9.17) is 5.73 Å². The first-order chi connectivity index (χ1) is 9.31. The Kier molecular flexibility index (Phi) is 6.75. The lowest BCUT2D eigenvalue weighted by Gasteiger charge is -2.35. The van der Waals surface area contributed by atoms with Crippen molar-refractivity contribution in [3.8, 4) is 0 Å². The Labute approximate surface area is 118 Å². The number of hydrogen-bond acceptors (Lipinski definition) is 3. The minimum absolute atomic E-state index is 0.0422. The first kappa shape index (κ1) is 17.2. The van der Waals surface area contributed by atoms with E-state index in [9.17, 15) is 18.0 Å². The molecule has 118 valence electrons. The molecule has 1 heterocycles. The van der Waals surface area contributed by atoms with Crippen LogP contribution >= 0.6 is 0 Å². The molecule has 1 amide bonds. The number of nitrogens with two attached hydrogens (primary N) is 1. The fraction of sp³-hybridized carbons (Fsp3) is 0.923. The summed E-state index contributed by atoms with van der Waals surface area (Å²) in [5, 5.41) is 0. The summed E-state index contributed by atoms with van der Waals surface area (Å²) in [4.78, 5) is 15.0. The van der Waals surface area contributed by atoms with E-state index in [-0.39, 0.29) is 5.91 Å². The van der Waals surface area contributed by atoms with E-state index in [0.29, 0.717) is 45.1 Å². The van der Waals surface area contributed by atoms with Crippen LogP contribution in [-0.4, -0.2) is 61.2 Å². The molecule has 1 atom stereocenters. The van der Waals surface area contributed by atoms with Gasteiger partial charge in [0.15, 0.2) is 0 Å². The van der Waals surface area contributed by atoms with Gasteiger partial charge in [-0.3, -0.25) is 9.69 Å². The second-order valence-corrected chi connectivity index (χ2v) is 5.49. The highest BCUT2D eigenvalue weighted by Gasteiger charge is 2.32. The third-order valence-corrected chi connectivity index (χ3v) is 3.64. The van der Waals surface area contributed by atoms with Gasteiger partial charge in [0, 0.05) is 32.6 Å². The molecule has 4 nitrogen and oxygen atoms in total. The Morgan fingerprint density at radius 2 is 1.80 bits per heavy atom. The van der Waals surface area contributed by atoms with E-state index in [1.807, 2.05) is 0 Å². The van der Waals surface area contributed by atoms with Crippen LogP contribution in [0.15, 0.2) is 0 Å². The Balaban J connectivity index is 2.25. The van der Waals surface area contributed by atoms with Crippen molar-refractivity contribution in [3.63, 3.8) is 0 Å². The van der Waals surface area contributed by atoms with Crippen LogP contribution in [-0.2, 0) is 4.79 Å². The molecule has 0 aromatic rings. The van der Waals surface area contributed by atoms with Crippen molar-refractivity contribution in [2.45, 2.75) is 32.4 Å². The molecule has 20 heavy (non-hydrogen) atoms. The fourth-order valence-electron chi connectivity index (χ4n) is 2.37. The minimum Gasteiger partial charge on any atom is -0.340 e. The molecule has 1 aliphatic rings. The summed E-state index contributed by atoms with van der Waals surface area (Å²) < 4.78 is 36.7. The number of hydrogen-bond donors (Lipinski definition) is 1. The summed E-state index contributed by atoms with van der Waals surface area (Å²) in [6, 6.07) is 0. The summed E-state index contributed by atoms with van der Waals surface area (Å²) in [6.45, 7) is 3.16. The Morgan fingerprint density at radius 1 is 1.20 bits per heavy atom. The fourth-order valence-corrected chi connectivity index (χ4v) is 2.37. The van der Waals surface area contributed by atoms with Gasteiger partial charge in [0.1, 0.15) is 0 Å².